The van der Waals surface area contributed by atoms with Gasteiger partial charge in [-0.3, -0.25) is 0 Å². The second-order valence-corrected chi connectivity index (χ2v) is 4.56. The standard InChI is InChI=1S/C13H18N2O4/c1-8(2)11(12(17)18)15-13(19)14-7-9-4-3-5-10(16)6-9/h3-6,8,11,16H,7H2,1-2H3,(H,17,18)(H2,14,15,19). The molecule has 1 aromatic rings. The van der Waals surface area contributed by atoms with Gasteiger partial charge in [-0.05, 0) is 23.6 Å². The normalized spacial score (nSPS) is 11.9. The van der Waals surface area contributed by atoms with Crippen molar-refractivity contribution in [3.63, 3.8) is 0 Å². The van der Waals surface area contributed by atoms with Crippen LogP contribution in [0.4, 0.5) is 4.79 Å². The second kappa shape index (κ2) is 6.63. The van der Waals surface area contributed by atoms with Crippen LogP contribution in [0.25, 0.3) is 0 Å². The zero-order valence-electron chi connectivity index (χ0n) is 10.9. The number of urea groups is 1. The predicted molar refractivity (Wildman–Crippen MR) is 69.7 cm³/mol. The summed E-state index contributed by atoms with van der Waals surface area (Å²) in [4.78, 5) is 22.5. The van der Waals surface area contributed by atoms with Crippen LogP contribution >= 0.6 is 0 Å². The monoisotopic (exact) mass is 266 g/mol. The maximum Gasteiger partial charge on any atom is 0.326 e. The van der Waals surface area contributed by atoms with Gasteiger partial charge in [-0.1, -0.05) is 26.0 Å². The van der Waals surface area contributed by atoms with Crippen molar-refractivity contribution in [1.82, 2.24) is 10.6 Å². The van der Waals surface area contributed by atoms with Gasteiger partial charge in [0, 0.05) is 6.54 Å². The summed E-state index contributed by atoms with van der Waals surface area (Å²) in [5.41, 5.74) is 0.728. The van der Waals surface area contributed by atoms with E-state index in [2.05, 4.69) is 10.6 Å². The lowest BCUT2D eigenvalue weighted by atomic mass is 10.1. The van der Waals surface area contributed by atoms with Crippen LogP contribution in [0.1, 0.15) is 19.4 Å². The summed E-state index contributed by atoms with van der Waals surface area (Å²) in [5, 5.41) is 23.1. The van der Waals surface area contributed by atoms with Gasteiger partial charge in [0.15, 0.2) is 0 Å². The lowest BCUT2D eigenvalue weighted by Gasteiger charge is -2.18. The van der Waals surface area contributed by atoms with Crippen molar-refractivity contribution in [2.45, 2.75) is 26.4 Å². The topological polar surface area (TPSA) is 98.7 Å². The Morgan fingerprint density at radius 3 is 2.53 bits per heavy atom. The molecule has 1 aromatic carbocycles. The largest absolute Gasteiger partial charge is 0.508 e. The van der Waals surface area contributed by atoms with E-state index in [4.69, 9.17) is 5.11 Å². The smallest absolute Gasteiger partial charge is 0.326 e. The van der Waals surface area contributed by atoms with Crippen LogP contribution in [-0.2, 0) is 11.3 Å². The number of amides is 2. The molecule has 6 nitrogen and oxygen atoms in total. The van der Waals surface area contributed by atoms with Gasteiger partial charge in [0.25, 0.3) is 0 Å². The van der Waals surface area contributed by atoms with E-state index in [9.17, 15) is 14.7 Å². The molecule has 0 radical (unpaired) electrons. The molecule has 0 aliphatic rings. The van der Waals surface area contributed by atoms with Crippen LogP contribution in [-0.4, -0.2) is 28.3 Å². The van der Waals surface area contributed by atoms with E-state index in [1.807, 2.05) is 0 Å². The first-order chi connectivity index (χ1) is 8.90. The molecule has 1 rings (SSSR count). The maximum absolute atomic E-state index is 11.6. The third kappa shape index (κ3) is 4.87. The van der Waals surface area contributed by atoms with Crippen LogP contribution in [0.3, 0.4) is 0 Å². The molecule has 0 aromatic heterocycles. The van der Waals surface area contributed by atoms with Crippen molar-refractivity contribution in [3.8, 4) is 5.75 Å². The molecule has 0 saturated carbocycles. The Morgan fingerprint density at radius 1 is 1.32 bits per heavy atom. The molecule has 1 unspecified atom stereocenters. The van der Waals surface area contributed by atoms with Gasteiger partial charge in [0.1, 0.15) is 11.8 Å². The van der Waals surface area contributed by atoms with E-state index in [1.54, 1.807) is 26.0 Å². The van der Waals surface area contributed by atoms with Crippen molar-refractivity contribution in [1.29, 1.82) is 0 Å². The fourth-order valence-corrected chi connectivity index (χ4v) is 1.55. The van der Waals surface area contributed by atoms with Crippen molar-refractivity contribution < 1.29 is 19.8 Å². The van der Waals surface area contributed by atoms with E-state index in [0.29, 0.717) is 0 Å². The highest BCUT2D eigenvalue weighted by molar-refractivity contribution is 5.82. The zero-order valence-corrected chi connectivity index (χ0v) is 10.9. The van der Waals surface area contributed by atoms with Crippen LogP contribution in [0, 0.1) is 5.92 Å². The third-order valence-electron chi connectivity index (χ3n) is 2.58. The number of phenolic OH excluding ortho intramolecular Hbond substituents is 1. The second-order valence-electron chi connectivity index (χ2n) is 4.56. The molecule has 6 heteroatoms. The Hall–Kier alpha value is -2.24. The number of nitrogens with one attached hydrogen (secondary N) is 2. The Kier molecular flexibility index (Phi) is 5.17. The minimum Gasteiger partial charge on any atom is -0.508 e. The van der Waals surface area contributed by atoms with Crippen LogP contribution in [0.2, 0.25) is 0 Å². The molecule has 0 saturated heterocycles. The van der Waals surface area contributed by atoms with Gasteiger partial charge in [-0.2, -0.15) is 0 Å². The van der Waals surface area contributed by atoms with Gasteiger partial charge in [-0.15, -0.1) is 0 Å². The van der Waals surface area contributed by atoms with E-state index < -0.39 is 18.0 Å². The van der Waals surface area contributed by atoms with E-state index in [1.165, 1.54) is 12.1 Å². The number of carboxylic acid groups (broad SMARTS) is 1. The highest BCUT2D eigenvalue weighted by Gasteiger charge is 2.23. The lowest BCUT2D eigenvalue weighted by Crippen LogP contribution is -2.48. The number of phenols is 1. The number of aromatic hydroxyl groups is 1. The summed E-state index contributed by atoms with van der Waals surface area (Å²) in [6, 6.07) is 4.99. The molecule has 0 aliphatic heterocycles. The number of benzene rings is 1. The first-order valence-electron chi connectivity index (χ1n) is 5.95. The number of carboxylic acids is 1. The Balaban J connectivity index is 2.49. The summed E-state index contributed by atoms with van der Waals surface area (Å²) >= 11 is 0. The average Bonchev–Trinajstić information content (AvgIpc) is 2.32. The van der Waals surface area contributed by atoms with E-state index >= 15 is 0 Å². The molecule has 0 aliphatic carbocycles. The summed E-state index contributed by atoms with van der Waals surface area (Å²) < 4.78 is 0. The molecule has 0 heterocycles. The van der Waals surface area contributed by atoms with E-state index in [-0.39, 0.29) is 18.2 Å². The van der Waals surface area contributed by atoms with Crippen LogP contribution in [0.15, 0.2) is 24.3 Å². The summed E-state index contributed by atoms with van der Waals surface area (Å²) in [6.07, 6.45) is 0. The molecule has 0 bridgehead atoms. The zero-order chi connectivity index (χ0) is 14.4. The minimum atomic E-state index is -1.07. The first-order valence-corrected chi connectivity index (χ1v) is 5.95. The highest BCUT2D eigenvalue weighted by Crippen LogP contribution is 2.10. The predicted octanol–water partition coefficient (Wildman–Crippen LogP) is 1.30. The lowest BCUT2D eigenvalue weighted by molar-refractivity contribution is -0.140. The summed E-state index contributed by atoms with van der Waals surface area (Å²) in [7, 11) is 0. The molecule has 104 valence electrons. The Bertz CT molecular complexity index is 460. The Morgan fingerprint density at radius 2 is 2.00 bits per heavy atom. The van der Waals surface area contributed by atoms with Gasteiger partial charge in [-0.25, -0.2) is 9.59 Å². The fraction of sp³-hybridized carbons (Fsp3) is 0.385. The van der Waals surface area contributed by atoms with E-state index in [0.717, 1.165) is 5.56 Å². The molecule has 2 amide bonds. The van der Waals surface area contributed by atoms with Crippen molar-refractivity contribution in [2.24, 2.45) is 5.92 Å². The summed E-state index contributed by atoms with van der Waals surface area (Å²) in [5.74, 6) is -1.16. The first kappa shape index (κ1) is 14.8. The Labute approximate surface area is 111 Å². The number of hydrogen-bond acceptors (Lipinski definition) is 3. The number of hydrogen-bond donors (Lipinski definition) is 4. The van der Waals surface area contributed by atoms with Gasteiger partial charge in [0.05, 0.1) is 0 Å². The fourth-order valence-electron chi connectivity index (χ4n) is 1.55. The van der Waals surface area contributed by atoms with Crippen LogP contribution in [0.5, 0.6) is 5.75 Å². The van der Waals surface area contributed by atoms with Gasteiger partial charge in [0.2, 0.25) is 0 Å². The molecule has 19 heavy (non-hydrogen) atoms. The van der Waals surface area contributed by atoms with Gasteiger partial charge >= 0.3 is 12.0 Å². The third-order valence-corrected chi connectivity index (χ3v) is 2.58. The number of rotatable bonds is 5. The molecular weight excluding hydrogens is 248 g/mol. The summed E-state index contributed by atoms with van der Waals surface area (Å²) in [6.45, 7) is 3.65. The molecule has 0 fully saturated rings. The molecule has 4 N–H and O–H groups in total. The van der Waals surface area contributed by atoms with Crippen LogP contribution < -0.4 is 10.6 Å². The molecule has 0 spiro atoms. The maximum atomic E-state index is 11.6. The number of carbonyl (C=O) groups excluding carboxylic acids is 1. The van der Waals surface area contributed by atoms with Crippen molar-refractivity contribution in [2.75, 3.05) is 0 Å². The van der Waals surface area contributed by atoms with Crippen molar-refractivity contribution in [3.05, 3.63) is 29.8 Å². The average molecular weight is 266 g/mol. The minimum absolute atomic E-state index is 0.116. The number of aliphatic carboxylic acids is 1. The highest BCUT2D eigenvalue weighted by atomic mass is 16.4. The van der Waals surface area contributed by atoms with Gasteiger partial charge < -0.3 is 20.8 Å². The molecular formula is C13H18N2O4. The quantitative estimate of drug-likeness (QED) is 0.645. The molecule has 1 atom stereocenters. The SMILES string of the molecule is CC(C)C(NC(=O)NCc1cccc(O)c1)C(=O)O. The van der Waals surface area contributed by atoms with Crippen molar-refractivity contribution >= 4 is 12.0 Å². The number of carbonyl (C=O) groups is 2.